The smallest absolute Gasteiger partial charge is 0.327 e. The molecule has 1 N–H and O–H groups in total. The number of nitrogens with one attached hydrogen (secondary N) is 1. The van der Waals surface area contributed by atoms with Gasteiger partial charge in [0.1, 0.15) is 5.54 Å². The predicted octanol–water partition coefficient (Wildman–Crippen LogP) is 2.04. The lowest BCUT2D eigenvalue weighted by atomic mass is 9.91. The van der Waals surface area contributed by atoms with Crippen LogP contribution in [0.1, 0.15) is 47.0 Å². The lowest BCUT2D eigenvalue weighted by molar-refractivity contribution is -0.153. The predicted molar refractivity (Wildman–Crippen MR) is 80.6 cm³/mol. The minimum atomic E-state index is -0.481. The standard InChI is InChI=1S/C16H30N2O2/c1-5-17-16(13-7-8-13,14(19)20-6-2)12-18-10-9-15(3,4)11-18/h13,17H,5-12H2,1-4H3. The lowest BCUT2D eigenvalue weighted by Gasteiger charge is -2.36. The topological polar surface area (TPSA) is 41.6 Å². The zero-order chi connectivity index (χ0) is 14.8. The van der Waals surface area contributed by atoms with E-state index < -0.39 is 5.54 Å². The largest absolute Gasteiger partial charge is 0.465 e. The van der Waals surface area contributed by atoms with Crippen molar-refractivity contribution in [1.82, 2.24) is 10.2 Å². The molecule has 0 spiro atoms. The lowest BCUT2D eigenvalue weighted by Crippen LogP contribution is -2.61. The molecule has 4 nitrogen and oxygen atoms in total. The number of likely N-dealkylation sites (N-methyl/N-ethyl adjacent to an activating group) is 1. The second kappa shape index (κ2) is 6.02. The number of likely N-dealkylation sites (tertiary alicyclic amines) is 1. The van der Waals surface area contributed by atoms with E-state index >= 15 is 0 Å². The summed E-state index contributed by atoms with van der Waals surface area (Å²) in [6, 6.07) is 0. The van der Waals surface area contributed by atoms with E-state index in [1.165, 1.54) is 6.42 Å². The summed E-state index contributed by atoms with van der Waals surface area (Å²) in [5.74, 6) is 0.402. The van der Waals surface area contributed by atoms with Gasteiger partial charge in [-0.2, -0.15) is 0 Å². The molecule has 0 bridgehead atoms. The Labute approximate surface area is 123 Å². The zero-order valence-corrected chi connectivity index (χ0v) is 13.5. The molecule has 2 rings (SSSR count). The number of hydrogen-bond donors (Lipinski definition) is 1. The molecule has 20 heavy (non-hydrogen) atoms. The van der Waals surface area contributed by atoms with E-state index in [2.05, 4.69) is 31.0 Å². The van der Waals surface area contributed by atoms with Crippen LogP contribution in [0.15, 0.2) is 0 Å². The first-order valence-corrected chi connectivity index (χ1v) is 8.08. The fourth-order valence-corrected chi connectivity index (χ4v) is 3.50. The highest BCUT2D eigenvalue weighted by atomic mass is 16.5. The molecule has 0 amide bonds. The van der Waals surface area contributed by atoms with Gasteiger partial charge in [-0.1, -0.05) is 20.8 Å². The third-order valence-corrected chi connectivity index (χ3v) is 4.64. The highest BCUT2D eigenvalue weighted by molar-refractivity contribution is 5.82. The van der Waals surface area contributed by atoms with Gasteiger partial charge in [0.25, 0.3) is 0 Å². The van der Waals surface area contributed by atoms with E-state index in [-0.39, 0.29) is 5.97 Å². The Morgan fingerprint density at radius 3 is 2.55 bits per heavy atom. The maximum absolute atomic E-state index is 12.6. The molecular formula is C16H30N2O2. The van der Waals surface area contributed by atoms with Crippen molar-refractivity contribution in [3.05, 3.63) is 0 Å². The first-order chi connectivity index (χ1) is 9.43. The normalized spacial score (nSPS) is 25.4. The minimum absolute atomic E-state index is 0.0472. The Morgan fingerprint density at radius 2 is 2.10 bits per heavy atom. The summed E-state index contributed by atoms with van der Waals surface area (Å²) < 4.78 is 5.40. The molecule has 1 atom stereocenters. The summed E-state index contributed by atoms with van der Waals surface area (Å²) >= 11 is 0. The number of carbonyl (C=O) groups is 1. The third kappa shape index (κ3) is 3.34. The van der Waals surface area contributed by atoms with Crippen LogP contribution < -0.4 is 5.32 Å². The SMILES string of the molecule is CCNC(CN1CCC(C)(C)C1)(C(=O)OCC)C1CC1. The summed E-state index contributed by atoms with van der Waals surface area (Å²) in [6.07, 6.45) is 3.49. The maximum atomic E-state index is 12.6. The van der Waals surface area contributed by atoms with Crippen molar-refractivity contribution >= 4 is 5.97 Å². The molecule has 2 fully saturated rings. The van der Waals surface area contributed by atoms with E-state index in [0.717, 1.165) is 39.0 Å². The molecule has 116 valence electrons. The molecule has 2 aliphatic rings. The average Bonchev–Trinajstić information content (AvgIpc) is 3.15. The summed E-state index contributed by atoms with van der Waals surface area (Å²) in [5, 5.41) is 3.48. The Hall–Kier alpha value is -0.610. The van der Waals surface area contributed by atoms with Crippen LogP contribution in [0.25, 0.3) is 0 Å². The van der Waals surface area contributed by atoms with Gasteiger partial charge in [-0.05, 0) is 50.6 Å². The van der Waals surface area contributed by atoms with Crippen molar-refractivity contribution in [2.75, 3.05) is 32.8 Å². The molecule has 4 heteroatoms. The molecule has 1 aliphatic carbocycles. The minimum Gasteiger partial charge on any atom is -0.465 e. The fraction of sp³-hybridized carbons (Fsp3) is 0.938. The van der Waals surface area contributed by atoms with Crippen LogP contribution in [0.5, 0.6) is 0 Å². The number of hydrogen-bond acceptors (Lipinski definition) is 4. The monoisotopic (exact) mass is 282 g/mol. The molecule has 0 aromatic rings. The maximum Gasteiger partial charge on any atom is 0.327 e. The zero-order valence-electron chi connectivity index (χ0n) is 13.5. The van der Waals surface area contributed by atoms with Gasteiger partial charge in [-0.25, -0.2) is 4.79 Å². The molecule has 0 aromatic heterocycles. The highest BCUT2D eigenvalue weighted by Gasteiger charge is 2.53. The summed E-state index contributed by atoms with van der Waals surface area (Å²) in [4.78, 5) is 15.0. The van der Waals surface area contributed by atoms with Crippen LogP contribution in [0, 0.1) is 11.3 Å². The van der Waals surface area contributed by atoms with Crippen molar-refractivity contribution in [1.29, 1.82) is 0 Å². The van der Waals surface area contributed by atoms with Gasteiger partial charge in [0, 0.05) is 13.1 Å². The fourth-order valence-electron chi connectivity index (χ4n) is 3.50. The highest BCUT2D eigenvalue weighted by Crippen LogP contribution is 2.42. The van der Waals surface area contributed by atoms with Crippen LogP contribution in [0.3, 0.4) is 0 Å². The molecule has 1 saturated carbocycles. The summed E-state index contributed by atoms with van der Waals surface area (Å²) in [7, 11) is 0. The first kappa shape index (κ1) is 15.8. The molecule has 1 saturated heterocycles. The van der Waals surface area contributed by atoms with Crippen LogP contribution in [-0.2, 0) is 9.53 Å². The molecule has 1 heterocycles. The first-order valence-electron chi connectivity index (χ1n) is 8.08. The van der Waals surface area contributed by atoms with Crippen molar-refractivity contribution in [3.8, 4) is 0 Å². The second-order valence-corrected chi connectivity index (χ2v) is 7.12. The molecule has 1 unspecified atom stereocenters. The van der Waals surface area contributed by atoms with Gasteiger partial charge in [-0.3, -0.25) is 0 Å². The quantitative estimate of drug-likeness (QED) is 0.726. The summed E-state index contributed by atoms with van der Waals surface area (Å²) in [5.41, 5.74) is -0.110. The number of esters is 1. The van der Waals surface area contributed by atoms with Crippen molar-refractivity contribution in [3.63, 3.8) is 0 Å². The van der Waals surface area contributed by atoms with Crippen LogP contribution >= 0.6 is 0 Å². The van der Waals surface area contributed by atoms with E-state index in [9.17, 15) is 4.79 Å². The van der Waals surface area contributed by atoms with E-state index in [0.29, 0.717) is 17.9 Å². The van der Waals surface area contributed by atoms with E-state index in [1.54, 1.807) is 0 Å². The molecular weight excluding hydrogens is 252 g/mol. The summed E-state index contributed by atoms with van der Waals surface area (Å²) in [6.45, 7) is 12.8. The van der Waals surface area contributed by atoms with Crippen molar-refractivity contribution in [2.24, 2.45) is 11.3 Å². The van der Waals surface area contributed by atoms with Gasteiger partial charge < -0.3 is 15.0 Å². The van der Waals surface area contributed by atoms with E-state index in [1.807, 2.05) is 6.92 Å². The number of carbonyl (C=O) groups excluding carboxylic acids is 1. The van der Waals surface area contributed by atoms with Crippen LogP contribution in [0.2, 0.25) is 0 Å². The van der Waals surface area contributed by atoms with Crippen LogP contribution in [0.4, 0.5) is 0 Å². The van der Waals surface area contributed by atoms with Gasteiger partial charge in [0.15, 0.2) is 0 Å². The van der Waals surface area contributed by atoms with Crippen molar-refractivity contribution in [2.45, 2.75) is 52.5 Å². The Morgan fingerprint density at radius 1 is 1.40 bits per heavy atom. The van der Waals surface area contributed by atoms with Gasteiger partial charge >= 0.3 is 5.97 Å². The number of ether oxygens (including phenoxy) is 1. The van der Waals surface area contributed by atoms with Crippen LogP contribution in [-0.4, -0.2) is 49.2 Å². The molecule has 0 radical (unpaired) electrons. The molecule has 0 aromatic carbocycles. The van der Waals surface area contributed by atoms with E-state index in [4.69, 9.17) is 4.74 Å². The van der Waals surface area contributed by atoms with Gasteiger partial charge in [0.05, 0.1) is 6.61 Å². The Kier molecular flexibility index (Phi) is 4.75. The Bertz CT molecular complexity index is 352. The average molecular weight is 282 g/mol. The third-order valence-electron chi connectivity index (χ3n) is 4.64. The second-order valence-electron chi connectivity index (χ2n) is 7.12. The number of rotatable bonds is 7. The van der Waals surface area contributed by atoms with Gasteiger partial charge in [-0.15, -0.1) is 0 Å². The van der Waals surface area contributed by atoms with Crippen molar-refractivity contribution < 1.29 is 9.53 Å². The van der Waals surface area contributed by atoms with Gasteiger partial charge in [0.2, 0.25) is 0 Å². The Balaban J connectivity index is 2.11. The number of nitrogens with zero attached hydrogens (tertiary/aromatic N) is 1. The molecule has 1 aliphatic heterocycles.